The third kappa shape index (κ3) is 8.36. The number of benzene rings is 2. The van der Waals surface area contributed by atoms with Gasteiger partial charge in [-0.2, -0.15) is 0 Å². The van der Waals surface area contributed by atoms with E-state index in [2.05, 4.69) is 58.8 Å². The summed E-state index contributed by atoms with van der Waals surface area (Å²) in [5, 5.41) is 17.5. The molecule has 0 aromatic heterocycles. The predicted octanol–water partition coefficient (Wildman–Crippen LogP) is 3.79. The number of para-hydroxylation sites is 1. The van der Waals surface area contributed by atoms with Gasteiger partial charge in [0.25, 0.3) is 5.69 Å². The summed E-state index contributed by atoms with van der Waals surface area (Å²) in [4.78, 5) is 17.3. The zero-order valence-electron chi connectivity index (χ0n) is 17.2. The maximum absolute atomic E-state index is 11.1. The second kappa shape index (κ2) is 13.1. The standard InChI is InChI=1S/C21H29N5O2.HI/c1-17(25(3)16-18-9-5-4-6-10-18)13-14-23-21(22-2)24-15-19-11-7-8-12-20(19)26(27)28;/h4-12,17H,13-16H2,1-3H3,(H2,22,23,24);1H. The minimum Gasteiger partial charge on any atom is -0.356 e. The van der Waals surface area contributed by atoms with Gasteiger partial charge in [-0.1, -0.05) is 48.5 Å². The fourth-order valence-electron chi connectivity index (χ4n) is 2.89. The highest BCUT2D eigenvalue weighted by Crippen LogP contribution is 2.17. The lowest BCUT2D eigenvalue weighted by molar-refractivity contribution is -0.385. The van der Waals surface area contributed by atoms with Crippen LogP contribution in [0.2, 0.25) is 0 Å². The summed E-state index contributed by atoms with van der Waals surface area (Å²) in [6.45, 7) is 4.22. The number of nitrogens with one attached hydrogen (secondary N) is 2. The number of hydrogen-bond donors (Lipinski definition) is 2. The quantitative estimate of drug-likeness (QED) is 0.176. The average molecular weight is 511 g/mol. The Kier molecular flexibility index (Phi) is 11.2. The Morgan fingerprint density at radius 2 is 1.79 bits per heavy atom. The van der Waals surface area contributed by atoms with Crippen LogP contribution in [0.1, 0.15) is 24.5 Å². The van der Waals surface area contributed by atoms with E-state index in [-0.39, 0.29) is 34.6 Å². The van der Waals surface area contributed by atoms with Gasteiger partial charge in [-0.3, -0.25) is 20.0 Å². The SMILES string of the molecule is CN=C(NCCC(C)N(C)Cc1ccccc1)NCc1ccccc1[N+](=O)[O-].I. The van der Waals surface area contributed by atoms with Crippen molar-refractivity contribution in [3.63, 3.8) is 0 Å². The molecule has 0 aliphatic heterocycles. The van der Waals surface area contributed by atoms with Crippen LogP contribution in [0.5, 0.6) is 0 Å². The number of hydrogen-bond acceptors (Lipinski definition) is 4. The van der Waals surface area contributed by atoms with Crippen LogP contribution in [-0.4, -0.2) is 42.5 Å². The van der Waals surface area contributed by atoms with E-state index in [0.29, 0.717) is 24.1 Å². The summed E-state index contributed by atoms with van der Waals surface area (Å²) in [7, 11) is 3.82. The first-order chi connectivity index (χ1) is 13.5. The summed E-state index contributed by atoms with van der Waals surface area (Å²) < 4.78 is 0. The summed E-state index contributed by atoms with van der Waals surface area (Å²) in [5.74, 6) is 0.635. The molecular weight excluding hydrogens is 481 g/mol. The van der Waals surface area contributed by atoms with E-state index in [1.807, 2.05) is 6.07 Å². The molecule has 2 rings (SSSR count). The van der Waals surface area contributed by atoms with E-state index < -0.39 is 0 Å². The van der Waals surface area contributed by atoms with Crippen molar-refractivity contribution in [1.82, 2.24) is 15.5 Å². The molecule has 0 aliphatic carbocycles. The van der Waals surface area contributed by atoms with Gasteiger partial charge in [-0.25, -0.2) is 0 Å². The number of aliphatic imine (C=N–C) groups is 1. The highest BCUT2D eigenvalue weighted by Gasteiger charge is 2.13. The number of rotatable bonds is 9. The minimum absolute atomic E-state index is 0. The Hall–Kier alpha value is -2.20. The van der Waals surface area contributed by atoms with Crippen LogP contribution in [0.4, 0.5) is 5.69 Å². The Morgan fingerprint density at radius 1 is 1.14 bits per heavy atom. The van der Waals surface area contributed by atoms with Crippen molar-refractivity contribution in [2.24, 2.45) is 4.99 Å². The third-order valence-corrected chi connectivity index (χ3v) is 4.74. The first kappa shape index (κ1) is 24.8. The highest BCUT2D eigenvalue weighted by molar-refractivity contribution is 14.0. The molecule has 0 aliphatic rings. The topological polar surface area (TPSA) is 82.8 Å². The molecule has 0 heterocycles. The van der Waals surface area contributed by atoms with Gasteiger partial charge in [0.2, 0.25) is 0 Å². The third-order valence-electron chi connectivity index (χ3n) is 4.74. The first-order valence-corrected chi connectivity index (χ1v) is 9.42. The zero-order chi connectivity index (χ0) is 20.4. The Morgan fingerprint density at radius 3 is 2.45 bits per heavy atom. The molecule has 1 unspecified atom stereocenters. The highest BCUT2D eigenvalue weighted by atomic mass is 127. The van der Waals surface area contributed by atoms with Gasteiger partial charge in [0.15, 0.2) is 5.96 Å². The molecule has 158 valence electrons. The first-order valence-electron chi connectivity index (χ1n) is 9.42. The molecule has 0 saturated carbocycles. The van der Waals surface area contributed by atoms with Gasteiger partial charge in [0.05, 0.1) is 4.92 Å². The average Bonchev–Trinajstić information content (AvgIpc) is 2.71. The van der Waals surface area contributed by atoms with Crippen molar-refractivity contribution < 1.29 is 4.92 Å². The monoisotopic (exact) mass is 511 g/mol. The molecule has 29 heavy (non-hydrogen) atoms. The fraction of sp³-hybridized carbons (Fsp3) is 0.381. The second-order valence-electron chi connectivity index (χ2n) is 6.78. The van der Waals surface area contributed by atoms with Gasteiger partial charge in [0.1, 0.15) is 0 Å². The number of guanidine groups is 1. The number of nitro groups is 1. The summed E-state index contributed by atoms with van der Waals surface area (Å²) >= 11 is 0. The van der Waals surface area contributed by atoms with Crippen LogP contribution in [-0.2, 0) is 13.1 Å². The largest absolute Gasteiger partial charge is 0.356 e. The molecule has 2 aromatic carbocycles. The molecule has 0 saturated heterocycles. The van der Waals surface area contributed by atoms with Crippen LogP contribution in [0.15, 0.2) is 59.6 Å². The van der Waals surface area contributed by atoms with E-state index in [1.54, 1.807) is 25.2 Å². The lowest BCUT2D eigenvalue weighted by Gasteiger charge is -2.25. The van der Waals surface area contributed by atoms with Crippen molar-refractivity contribution in [2.75, 3.05) is 20.6 Å². The fourth-order valence-corrected chi connectivity index (χ4v) is 2.89. The molecule has 1 atom stereocenters. The van der Waals surface area contributed by atoms with Gasteiger partial charge in [-0.15, -0.1) is 24.0 Å². The summed E-state index contributed by atoms with van der Waals surface area (Å²) in [5.41, 5.74) is 2.04. The maximum atomic E-state index is 11.1. The molecular formula is C21H30IN5O2. The van der Waals surface area contributed by atoms with E-state index in [9.17, 15) is 10.1 Å². The molecule has 0 fully saturated rings. The van der Waals surface area contributed by atoms with Gasteiger partial charge < -0.3 is 10.6 Å². The Balaban J connectivity index is 0.00000420. The van der Waals surface area contributed by atoms with E-state index in [4.69, 9.17) is 0 Å². The van der Waals surface area contributed by atoms with Gasteiger partial charge in [-0.05, 0) is 26.0 Å². The van der Waals surface area contributed by atoms with Crippen molar-refractivity contribution in [3.05, 3.63) is 75.8 Å². The van der Waals surface area contributed by atoms with Crippen LogP contribution in [0.25, 0.3) is 0 Å². The van der Waals surface area contributed by atoms with E-state index >= 15 is 0 Å². The van der Waals surface area contributed by atoms with E-state index in [0.717, 1.165) is 19.5 Å². The molecule has 7 nitrogen and oxygen atoms in total. The van der Waals surface area contributed by atoms with Crippen molar-refractivity contribution in [3.8, 4) is 0 Å². The lowest BCUT2D eigenvalue weighted by Crippen LogP contribution is -2.39. The molecule has 2 aromatic rings. The minimum atomic E-state index is -0.364. The molecule has 8 heteroatoms. The van der Waals surface area contributed by atoms with Gasteiger partial charge in [0, 0.05) is 44.4 Å². The summed E-state index contributed by atoms with van der Waals surface area (Å²) in [6.07, 6.45) is 0.954. The Labute approximate surface area is 189 Å². The number of nitrogens with zero attached hydrogens (tertiary/aromatic N) is 3. The Bertz CT molecular complexity index is 786. The van der Waals surface area contributed by atoms with Crippen LogP contribution >= 0.6 is 24.0 Å². The lowest BCUT2D eigenvalue weighted by atomic mass is 10.1. The molecule has 0 amide bonds. The van der Waals surface area contributed by atoms with Gasteiger partial charge >= 0.3 is 0 Å². The molecule has 0 spiro atoms. The smallest absolute Gasteiger partial charge is 0.274 e. The number of halogens is 1. The second-order valence-corrected chi connectivity index (χ2v) is 6.78. The van der Waals surface area contributed by atoms with Crippen LogP contribution in [0, 0.1) is 10.1 Å². The van der Waals surface area contributed by atoms with Crippen molar-refractivity contribution in [2.45, 2.75) is 32.5 Å². The molecule has 2 N–H and O–H groups in total. The summed E-state index contributed by atoms with van der Waals surface area (Å²) in [6, 6.07) is 17.5. The number of nitro benzene ring substituents is 1. The van der Waals surface area contributed by atoms with E-state index in [1.165, 1.54) is 11.6 Å². The van der Waals surface area contributed by atoms with Crippen LogP contribution in [0.3, 0.4) is 0 Å². The predicted molar refractivity (Wildman–Crippen MR) is 129 cm³/mol. The van der Waals surface area contributed by atoms with Crippen molar-refractivity contribution >= 4 is 35.6 Å². The van der Waals surface area contributed by atoms with Crippen molar-refractivity contribution in [1.29, 1.82) is 0 Å². The zero-order valence-corrected chi connectivity index (χ0v) is 19.5. The normalized spacial score (nSPS) is 12.2. The molecule has 0 bridgehead atoms. The maximum Gasteiger partial charge on any atom is 0.274 e. The molecule has 0 radical (unpaired) electrons. The van der Waals surface area contributed by atoms with Crippen LogP contribution < -0.4 is 10.6 Å².